The Hall–Kier alpha value is -0.680. The molecule has 0 aromatic carbocycles. The van der Waals surface area contributed by atoms with Crippen LogP contribution in [0.2, 0.25) is 0 Å². The largest absolute Gasteiger partial charge is 0.393 e. The van der Waals surface area contributed by atoms with Crippen molar-refractivity contribution in [3.63, 3.8) is 0 Å². The molecular weight excluding hydrogens is 222 g/mol. The first-order chi connectivity index (χ1) is 7.65. The van der Waals surface area contributed by atoms with E-state index in [1.54, 1.807) is 0 Å². The number of carbonyl (C=O) groups is 1. The van der Waals surface area contributed by atoms with Crippen molar-refractivity contribution >= 4 is 23.1 Å². The van der Waals surface area contributed by atoms with Crippen LogP contribution in [-0.4, -0.2) is 53.4 Å². The van der Waals surface area contributed by atoms with Gasteiger partial charge in [-0.25, -0.2) is 0 Å². The van der Waals surface area contributed by atoms with E-state index in [9.17, 15) is 4.79 Å². The van der Waals surface area contributed by atoms with Gasteiger partial charge >= 0.3 is 0 Å². The third-order valence-corrected chi connectivity index (χ3v) is 3.41. The number of carbonyl (C=O) groups excluding carboxylic acids is 1. The highest BCUT2D eigenvalue weighted by Crippen LogP contribution is 2.29. The molecule has 90 valence electrons. The molecule has 0 bridgehead atoms. The van der Waals surface area contributed by atoms with Gasteiger partial charge in [-0.2, -0.15) is 0 Å². The Labute approximate surface area is 102 Å². The van der Waals surface area contributed by atoms with Crippen LogP contribution in [0.1, 0.15) is 19.3 Å². The highest BCUT2D eigenvalue weighted by atomic mass is 32.1. The molecule has 1 aliphatic carbocycles. The Morgan fingerprint density at radius 1 is 1.25 bits per heavy atom. The van der Waals surface area contributed by atoms with Crippen molar-refractivity contribution in [3.05, 3.63) is 0 Å². The highest BCUT2D eigenvalue weighted by molar-refractivity contribution is 7.80. The average Bonchev–Trinajstić information content (AvgIpc) is 3.01. The molecule has 1 aliphatic heterocycles. The minimum atomic E-state index is 0.0820. The van der Waals surface area contributed by atoms with E-state index in [1.807, 2.05) is 4.90 Å². The minimum absolute atomic E-state index is 0.0820. The summed E-state index contributed by atoms with van der Waals surface area (Å²) in [6, 6.07) is 0. The van der Waals surface area contributed by atoms with Gasteiger partial charge in [0.05, 0.1) is 11.4 Å². The molecule has 2 N–H and O–H groups in total. The molecule has 0 unspecified atom stereocenters. The summed E-state index contributed by atoms with van der Waals surface area (Å²) in [5, 5.41) is 0. The number of rotatable bonds is 4. The van der Waals surface area contributed by atoms with Crippen molar-refractivity contribution in [2.75, 3.05) is 32.7 Å². The molecule has 0 aromatic rings. The van der Waals surface area contributed by atoms with Crippen LogP contribution in [0.15, 0.2) is 0 Å². The molecule has 1 heterocycles. The minimum Gasteiger partial charge on any atom is -0.393 e. The number of nitrogens with zero attached hydrogens (tertiary/aromatic N) is 2. The van der Waals surface area contributed by atoms with Crippen LogP contribution in [0.5, 0.6) is 0 Å². The van der Waals surface area contributed by atoms with Crippen molar-refractivity contribution in [2.24, 2.45) is 11.7 Å². The topological polar surface area (TPSA) is 49.6 Å². The molecule has 0 radical (unpaired) electrons. The number of hydrogen-bond acceptors (Lipinski definition) is 3. The Bertz CT molecular complexity index is 283. The van der Waals surface area contributed by atoms with E-state index in [0.29, 0.717) is 4.99 Å². The first-order valence-electron chi connectivity index (χ1n) is 5.93. The predicted octanol–water partition coefficient (Wildman–Crippen LogP) is 0.217. The van der Waals surface area contributed by atoms with E-state index in [1.165, 1.54) is 19.4 Å². The Morgan fingerprint density at radius 3 is 2.38 bits per heavy atom. The van der Waals surface area contributed by atoms with Crippen molar-refractivity contribution < 1.29 is 4.79 Å². The van der Waals surface area contributed by atoms with E-state index in [-0.39, 0.29) is 12.3 Å². The van der Waals surface area contributed by atoms with Gasteiger partial charge in [0.2, 0.25) is 5.91 Å². The van der Waals surface area contributed by atoms with E-state index >= 15 is 0 Å². The molecule has 2 fully saturated rings. The monoisotopic (exact) mass is 241 g/mol. The van der Waals surface area contributed by atoms with Crippen LogP contribution >= 0.6 is 12.2 Å². The Kier molecular flexibility index (Phi) is 3.76. The number of hydrogen-bond donors (Lipinski definition) is 1. The number of piperazine rings is 1. The Balaban J connectivity index is 1.71. The third kappa shape index (κ3) is 3.42. The lowest BCUT2D eigenvalue weighted by atomic mass is 10.2. The summed E-state index contributed by atoms with van der Waals surface area (Å²) in [5.74, 6) is 1.01. The second-order valence-corrected chi connectivity index (χ2v) is 5.29. The van der Waals surface area contributed by atoms with Crippen molar-refractivity contribution in [3.8, 4) is 0 Å². The normalized spacial score (nSPS) is 22.1. The number of thiocarbonyl (C=S) groups is 1. The van der Waals surface area contributed by atoms with Gasteiger partial charge in [-0.1, -0.05) is 12.2 Å². The zero-order valence-electron chi connectivity index (χ0n) is 9.52. The molecule has 2 aliphatic rings. The molecule has 0 spiro atoms. The molecule has 16 heavy (non-hydrogen) atoms. The quantitative estimate of drug-likeness (QED) is 0.715. The molecular formula is C11H19N3OS. The number of amides is 1. The van der Waals surface area contributed by atoms with Gasteiger partial charge in [-0.3, -0.25) is 9.69 Å². The summed E-state index contributed by atoms with van der Waals surface area (Å²) < 4.78 is 0. The molecule has 1 amide bonds. The van der Waals surface area contributed by atoms with Crippen molar-refractivity contribution in [1.29, 1.82) is 0 Å². The lowest BCUT2D eigenvalue weighted by Crippen LogP contribution is -2.49. The van der Waals surface area contributed by atoms with Crippen LogP contribution in [-0.2, 0) is 4.79 Å². The van der Waals surface area contributed by atoms with Gasteiger partial charge < -0.3 is 10.6 Å². The summed E-state index contributed by atoms with van der Waals surface area (Å²) in [7, 11) is 0. The van der Waals surface area contributed by atoms with Crippen LogP contribution in [0, 0.1) is 5.92 Å². The molecule has 0 atom stereocenters. The van der Waals surface area contributed by atoms with Crippen molar-refractivity contribution in [1.82, 2.24) is 9.80 Å². The lowest BCUT2D eigenvalue weighted by molar-refractivity contribution is -0.131. The molecule has 0 aromatic heterocycles. The zero-order chi connectivity index (χ0) is 11.5. The number of nitrogens with two attached hydrogens (primary N) is 1. The zero-order valence-corrected chi connectivity index (χ0v) is 10.3. The maximum absolute atomic E-state index is 11.7. The van der Waals surface area contributed by atoms with Gasteiger partial charge in [-0.05, 0) is 18.8 Å². The maximum Gasteiger partial charge on any atom is 0.229 e. The first kappa shape index (κ1) is 11.8. The van der Waals surface area contributed by atoms with Gasteiger partial charge in [0, 0.05) is 32.7 Å². The smallest absolute Gasteiger partial charge is 0.229 e. The Morgan fingerprint density at radius 2 is 1.88 bits per heavy atom. The summed E-state index contributed by atoms with van der Waals surface area (Å²) in [6.07, 6.45) is 3.00. The predicted molar refractivity (Wildman–Crippen MR) is 67.1 cm³/mol. The van der Waals surface area contributed by atoms with Gasteiger partial charge in [0.1, 0.15) is 0 Å². The lowest BCUT2D eigenvalue weighted by Gasteiger charge is -2.34. The molecule has 1 saturated heterocycles. The second-order valence-electron chi connectivity index (χ2n) is 4.77. The van der Waals surface area contributed by atoms with E-state index < -0.39 is 0 Å². The van der Waals surface area contributed by atoms with Crippen LogP contribution in [0.25, 0.3) is 0 Å². The second kappa shape index (κ2) is 5.10. The van der Waals surface area contributed by atoms with Crippen molar-refractivity contribution in [2.45, 2.75) is 19.3 Å². The van der Waals surface area contributed by atoms with Gasteiger partial charge in [0.15, 0.2) is 0 Å². The molecule has 1 saturated carbocycles. The third-order valence-electron chi connectivity index (χ3n) is 3.26. The SMILES string of the molecule is NC(=S)CC(=O)N1CCN(CC2CC2)CC1. The first-order valence-corrected chi connectivity index (χ1v) is 6.34. The summed E-state index contributed by atoms with van der Waals surface area (Å²) >= 11 is 4.75. The fourth-order valence-electron chi connectivity index (χ4n) is 2.11. The average molecular weight is 241 g/mol. The van der Waals surface area contributed by atoms with E-state index in [2.05, 4.69) is 4.90 Å². The highest BCUT2D eigenvalue weighted by Gasteiger charge is 2.27. The fourth-order valence-corrected chi connectivity index (χ4v) is 2.23. The fraction of sp³-hybridized carbons (Fsp3) is 0.818. The van der Waals surface area contributed by atoms with Crippen LogP contribution in [0.4, 0.5) is 0 Å². The summed E-state index contributed by atoms with van der Waals surface area (Å²) in [4.78, 5) is 16.3. The van der Waals surface area contributed by atoms with E-state index in [0.717, 1.165) is 32.1 Å². The van der Waals surface area contributed by atoms with Crippen LogP contribution in [0.3, 0.4) is 0 Å². The maximum atomic E-state index is 11.7. The van der Waals surface area contributed by atoms with Gasteiger partial charge in [-0.15, -0.1) is 0 Å². The summed E-state index contributed by atoms with van der Waals surface area (Å²) in [5.41, 5.74) is 5.38. The van der Waals surface area contributed by atoms with Crippen LogP contribution < -0.4 is 5.73 Å². The van der Waals surface area contributed by atoms with Gasteiger partial charge in [0.25, 0.3) is 0 Å². The molecule has 2 rings (SSSR count). The van der Waals surface area contributed by atoms with E-state index in [4.69, 9.17) is 18.0 Å². The standard InChI is InChI=1S/C11H19N3OS/c12-10(16)7-11(15)14-5-3-13(4-6-14)8-9-1-2-9/h9H,1-8H2,(H2,12,16). The molecule has 4 nitrogen and oxygen atoms in total. The summed E-state index contributed by atoms with van der Waals surface area (Å²) in [6.45, 7) is 4.87. The molecule has 5 heteroatoms.